The van der Waals surface area contributed by atoms with Crippen molar-refractivity contribution in [1.29, 1.82) is 0 Å². The van der Waals surface area contributed by atoms with E-state index < -0.39 is 0 Å². The Kier molecular flexibility index (Phi) is 6.11. The van der Waals surface area contributed by atoms with Gasteiger partial charge in [0.05, 0.1) is 5.69 Å². The predicted octanol–water partition coefficient (Wildman–Crippen LogP) is 3.17. The maximum absolute atomic E-state index is 12.2. The Hall–Kier alpha value is -2.83. The third-order valence-electron chi connectivity index (χ3n) is 4.84. The number of nitrogens with one attached hydrogen (secondary N) is 2. The largest absolute Gasteiger partial charge is 0.361 e. The first-order valence-electron chi connectivity index (χ1n) is 9.36. The third-order valence-corrected chi connectivity index (χ3v) is 4.84. The lowest BCUT2D eigenvalue weighted by molar-refractivity contribution is -0.121. The zero-order valence-corrected chi connectivity index (χ0v) is 15.9. The topological polar surface area (TPSA) is 87.5 Å². The SMILES string of the molecule is Cc1noc(C)c1CCC(=O)NCc1cccc(NC(=O)N2CCCC2)c1. The molecule has 7 nitrogen and oxygen atoms in total. The third kappa shape index (κ3) is 5.09. The first-order valence-corrected chi connectivity index (χ1v) is 9.36. The molecule has 2 heterocycles. The monoisotopic (exact) mass is 370 g/mol. The van der Waals surface area contributed by atoms with Crippen molar-refractivity contribution >= 4 is 17.6 Å². The molecule has 3 rings (SSSR count). The van der Waals surface area contributed by atoms with Crippen molar-refractivity contribution in [3.8, 4) is 0 Å². The number of carbonyl (C=O) groups excluding carboxylic acids is 2. The highest BCUT2D eigenvalue weighted by Crippen LogP contribution is 2.15. The van der Waals surface area contributed by atoms with Crippen molar-refractivity contribution in [3.63, 3.8) is 0 Å². The number of amides is 3. The summed E-state index contributed by atoms with van der Waals surface area (Å²) < 4.78 is 5.12. The number of aryl methyl sites for hydroxylation is 2. The summed E-state index contributed by atoms with van der Waals surface area (Å²) in [5.41, 5.74) is 3.52. The number of aromatic nitrogens is 1. The van der Waals surface area contributed by atoms with Gasteiger partial charge in [-0.15, -0.1) is 0 Å². The molecule has 0 bridgehead atoms. The van der Waals surface area contributed by atoms with Gasteiger partial charge >= 0.3 is 6.03 Å². The van der Waals surface area contributed by atoms with Crippen molar-refractivity contribution in [2.75, 3.05) is 18.4 Å². The van der Waals surface area contributed by atoms with Gasteiger partial charge in [-0.2, -0.15) is 0 Å². The van der Waals surface area contributed by atoms with Crippen molar-refractivity contribution in [2.45, 2.75) is 46.1 Å². The summed E-state index contributed by atoms with van der Waals surface area (Å²) in [5, 5.41) is 9.75. The Morgan fingerprint density at radius 2 is 2.00 bits per heavy atom. The zero-order chi connectivity index (χ0) is 19.2. The van der Waals surface area contributed by atoms with Gasteiger partial charge in [0, 0.05) is 37.3 Å². The summed E-state index contributed by atoms with van der Waals surface area (Å²) in [6.07, 6.45) is 3.12. The number of hydrogen-bond donors (Lipinski definition) is 2. The van der Waals surface area contributed by atoms with Gasteiger partial charge < -0.3 is 20.1 Å². The second kappa shape index (κ2) is 8.70. The van der Waals surface area contributed by atoms with Crippen LogP contribution in [0.1, 0.15) is 41.8 Å². The molecular weight excluding hydrogens is 344 g/mol. The number of carbonyl (C=O) groups is 2. The average Bonchev–Trinajstić information content (AvgIpc) is 3.29. The molecule has 1 saturated heterocycles. The van der Waals surface area contributed by atoms with Gasteiger partial charge in [0.25, 0.3) is 0 Å². The van der Waals surface area contributed by atoms with Crippen molar-refractivity contribution in [1.82, 2.24) is 15.4 Å². The number of hydrogen-bond acceptors (Lipinski definition) is 4. The van der Waals surface area contributed by atoms with E-state index in [2.05, 4.69) is 15.8 Å². The molecule has 144 valence electrons. The van der Waals surface area contributed by atoms with Crippen LogP contribution in [0.5, 0.6) is 0 Å². The van der Waals surface area contributed by atoms with E-state index in [0.717, 1.165) is 54.2 Å². The molecule has 0 atom stereocenters. The number of rotatable bonds is 6. The highest BCUT2D eigenvalue weighted by Gasteiger charge is 2.17. The predicted molar refractivity (Wildman–Crippen MR) is 102 cm³/mol. The van der Waals surface area contributed by atoms with Gasteiger partial charge in [-0.3, -0.25) is 4.79 Å². The molecule has 1 aliphatic heterocycles. The number of urea groups is 1. The zero-order valence-electron chi connectivity index (χ0n) is 15.9. The highest BCUT2D eigenvalue weighted by atomic mass is 16.5. The van der Waals surface area contributed by atoms with Gasteiger partial charge in [0.2, 0.25) is 5.91 Å². The molecule has 1 aromatic heterocycles. The smallest absolute Gasteiger partial charge is 0.321 e. The van der Waals surface area contributed by atoms with Crippen LogP contribution in [0.25, 0.3) is 0 Å². The molecule has 2 N–H and O–H groups in total. The number of anilines is 1. The molecule has 0 saturated carbocycles. The maximum Gasteiger partial charge on any atom is 0.321 e. The summed E-state index contributed by atoms with van der Waals surface area (Å²) in [6, 6.07) is 7.50. The average molecular weight is 370 g/mol. The van der Waals surface area contributed by atoms with Gasteiger partial charge in [-0.05, 0) is 50.8 Å². The molecule has 1 aliphatic rings. The van der Waals surface area contributed by atoms with E-state index in [1.165, 1.54) is 0 Å². The number of benzene rings is 1. The Bertz CT molecular complexity index is 790. The van der Waals surface area contributed by atoms with Crippen molar-refractivity contribution < 1.29 is 14.1 Å². The minimum absolute atomic E-state index is 0.0264. The molecule has 0 unspecified atom stereocenters. The highest BCUT2D eigenvalue weighted by molar-refractivity contribution is 5.89. The quantitative estimate of drug-likeness (QED) is 0.818. The molecule has 0 spiro atoms. The second-order valence-corrected chi connectivity index (χ2v) is 6.90. The number of likely N-dealkylation sites (tertiary alicyclic amines) is 1. The van der Waals surface area contributed by atoms with E-state index in [-0.39, 0.29) is 11.9 Å². The molecule has 7 heteroatoms. The van der Waals surface area contributed by atoms with E-state index in [0.29, 0.717) is 19.4 Å². The molecule has 1 fully saturated rings. The van der Waals surface area contributed by atoms with Gasteiger partial charge in [0.1, 0.15) is 5.76 Å². The molecule has 2 aromatic rings. The van der Waals surface area contributed by atoms with E-state index in [1.807, 2.05) is 43.0 Å². The normalized spacial score (nSPS) is 13.6. The fraction of sp³-hybridized carbons (Fsp3) is 0.450. The molecule has 1 aromatic carbocycles. The summed E-state index contributed by atoms with van der Waals surface area (Å²) in [5.74, 6) is 0.739. The molecule has 27 heavy (non-hydrogen) atoms. The van der Waals surface area contributed by atoms with Crippen LogP contribution >= 0.6 is 0 Å². The lowest BCUT2D eigenvalue weighted by atomic mass is 10.1. The van der Waals surface area contributed by atoms with Crippen molar-refractivity contribution in [2.24, 2.45) is 0 Å². The lowest BCUT2D eigenvalue weighted by Gasteiger charge is -2.16. The summed E-state index contributed by atoms with van der Waals surface area (Å²) in [7, 11) is 0. The van der Waals surface area contributed by atoms with Crippen molar-refractivity contribution in [3.05, 3.63) is 46.8 Å². The van der Waals surface area contributed by atoms with Crippen LogP contribution in [0.3, 0.4) is 0 Å². The van der Waals surface area contributed by atoms with Crippen LogP contribution in [0.4, 0.5) is 10.5 Å². The fourth-order valence-corrected chi connectivity index (χ4v) is 3.27. The first kappa shape index (κ1) is 18.9. The molecule has 0 radical (unpaired) electrons. The first-order chi connectivity index (χ1) is 13.0. The van der Waals surface area contributed by atoms with Gasteiger partial charge in [-0.25, -0.2) is 4.79 Å². The Morgan fingerprint density at radius 1 is 1.22 bits per heavy atom. The van der Waals surface area contributed by atoms with Crippen LogP contribution in [0.2, 0.25) is 0 Å². The van der Waals surface area contributed by atoms with Crippen LogP contribution in [0, 0.1) is 13.8 Å². The number of nitrogens with zero attached hydrogens (tertiary/aromatic N) is 2. The molecule has 0 aliphatic carbocycles. The van der Waals surface area contributed by atoms with Crippen LogP contribution < -0.4 is 10.6 Å². The van der Waals surface area contributed by atoms with Crippen LogP contribution in [0.15, 0.2) is 28.8 Å². The van der Waals surface area contributed by atoms with Crippen LogP contribution in [-0.2, 0) is 17.8 Å². The Morgan fingerprint density at radius 3 is 2.70 bits per heavy atom. The lowest BCUT2D eigenvalue weighted by Crippen LogP contribution is -2.32. The van der Waals surface area contributed by atoms with E-state index in [1.54, 1.807) is 0 Å². The summed E-state index contributed by atoms with van der Waals surface area (Å²) >= 11 is 0. The van der Waals surface area contributed by atoms with E-state index >= 15 is 0 Å². The summed E-state index contributed by atoms with van der Waals surface area (Å²) in [4.78, 5) is 26.1. The van der Waals surface area contributed by atoms with Crippen LogP contribution in [-0.4, -0.2) is 35.1 Å². The molecule has 3 amide bonds. The Labute approximate surface area is 159 Å². The minimum Gasteiger partial charge on any atom is -0.361 e. The Balaban J connectivity index is 1.47. The van der Waals surface area contributed by atoms with Gasteiger partial charge in [0.15, 0.2) is 0 Å². The van der Waals surface area contributed by atoms with E-state index in [4.69, 9.17) is 4.52 Å². The standard InChI is InChI=1S/C20H26N4O3/c1-14-18(15(2)27-23-14)8-9-19(25)21-13-16-6-5-7-17(12-16)22-20(26)24-10-3-4-11-24/h5-7,12H,3-4,8-11,13H2,1-2H3,(H,21,25)(H,22,26). The minimum atomic E-state index is -0.0619. The fourth-order valence-electron chi connectivity index (χ4n) is 3.27. The summed E-state index contributed by atoms with van der Waals surface area (Å²) in [6.45, 7) is 5.79. The van der Waals surface area contributed by atoms with E-state index in [9.17, 15) is 9.59 Å². The molecular formula is C20H26N4O3. The second-order valence-electron chi connectivity index (χ2n) is 6.90. The maximum atomic E-state index is 12.2. The van der Waals surface area contributed by atoms with Gasteiger partial charge in [-0.1, -0.05) is 17.3 Å².